The number of halogens is 1. The van der Waals surface area contributed by atoms with Gasteiger partial charge in [0.1, 0.15) is 12.1 Å². The van der Waals surface area contributed by atoms with E-state index in [9.17, 15) is 4.39 Å². The van der Waals surface area contributed by atoms with Crippen LogP contribution in [-0.4, -0.2) is 50.7 Å². The summed E-state index contributed by atoms with van der Waals surface area (Å²) in [6, 6.07) is 4.01. The first-order valence-corrected chi connectivity index (χ1v) is 9.73. The zero-order valence-corrected chi connectivity index (χ0v) is 16.9. The molecule has 7 nitrogen and oxygen atoms in total. The van der Waals surface area contributed by atoms with Crippen molar-refractivity contribution in [1.82, 2.24) is 24.6 Å². The number of aryl methyl sites for hydroxylation is 1. The summed E-state index contributed by atoms with van der Waals surface area (Å²) in [5, 5.41) is 4.74. The van der Waals surface area contributed by atoms with Crippen LogP contribution in [0.15, 0.2) is 24.7 Å². The van der Waals surface area contributed by atoms with Crippen molar-refractivity contribution in [3.05, 3.63) is 41.9 Å². The summed E-state index contributed by atoms with van der Waals surface area (Å²) in [7, 11) is 0. The van der Waals surface area contributed by atoms with Crippen LogP contribution in [0.3, 0.4) is 0 Å². The lowest BCUT2D eigenvalue weighted by molar-refractivity contribution is 0.566. The molecular weight excluding hydrogens is 357 g/mol. The molecule has 1 fully saturated rings. The molecule has 0 atom stereocenters. The highest BCUT2D eigenvalue weighted by atomic mass is 19.1. The van der Waals surface area contributed by atoms with Gasteiger partial charge in [-0.1, -0.05) is 27.7 Å². The van der Waals surface area contributed by atoms with E-state index in [4.69, 9.17) is 5.10 Å². The van der Waals surface area contributed by atoms with Crippen LogP contribution in [0.2, 0.25) is 0 Å². The molecule has 0 radical (unpaired) electrons. The van der Waals surface area contributed by atoms with Gasteiger partial charge in [-0.3, -0.25) is 0 Å². The smallest absolute Gasteiger partial charge is 0.187 e. The van der Waals surface area contributed by atoms with Crippen molar-refractivity contribution in [3.8, 4) is 0 Å². The van der Waals surface area contributed by atoms with Gasteiger partial charge in [-0.2, -0.15) is 0 Å². The van der Waals surface area contributed by atoms with Crippen molar-refractivity contribution >= 4 is 17.3 Å². The average Bonchev–Trinajstić information content (AvgIpc) is 3.12. The molecule has 0 aliphatic carbocycles. The first kappa shape index (κ1) is 18.6. The fraction of sp³-hybridized carbons (Fsp3) is 0.500. The average molecular weight is 383 g/mol. The van der Waals surface area contributed by atoms with E-state index in [-0.39, 0.29) is 11.2 Å². The lowest BCUT2D eigenvalue weighted by atomic mass is 9.93. The number of rotatable bonds is 3. The van der Waals surface area contributed by atoms with Crippen molar-refractivity contribution in [2.75, 3.05) is 36.0 Å². The van der Waals surface area contributed by atoms with Crippen molar-refractivity contribution in [2.45, 2.75) is 39.5 Å². The summed E-state index contributed by atoms with van der Waals surface area (Å²) < 4.78 is 16.4. The molecular formula is C20H26FN7. The predicted molar refractivity (Wildman–Crippen MR) is 107 cm³/mol. The Kier molecular flexibility index (Phi) is 4.64. The lowest BCUT2D eigenvalue weighted by Gasteiger charge is -2.36. The number of hydrogen-bond acceptors (Lipinski definition) is 6. The van der Waals surface area contributed by atoms with Gasteiger partial charge < -0.3 is 9.80 Å². The fourth-order valence-corrected chi connectivity index (χ4v) is 3.41. The first-order valence-electron chi connectivity index (χ1n) is 9.73. The van der Waals surface area contributed by atoms with Crippen LogP contribution in [0.4, 0.5) is 16.0 Å². The van der Waals surface area contributed by atoms with Crippen molar-refractivity contribution in [1.29, 1.82) is 0 Å². The second kappa shape index (κ2) is 7.00. The van der Waals surface area contributed by atoms with Crippen LogP contribution in [0.25, 0.3) is 5.65 Å². The molecule has 1 saturated heterocycles. The van der Waals surface area contributed by atoms with Gasteiger partial charge in [-0.15, -0.1) is 5.10 Å². The summed E-state index contributed by atoms with van der Waals surface area (Å²) >= 11 is 0. The minimum Gasteiger partial charge on any atom is -0.352 e. The van der Waals surface area contributed by atoms with E-state index in [0.717, 1.165) is 30.2 Å². The Morgan fingerprint density at radius 3 is 2.43 bits per heavy atom. The highest BCUT2D eigenvalue weighted by Gasteiger charge is 2.24. The van der Waals surface area contributed by atoms with Crippen LogP contribution in [0, 0.1) is 5.82 Å². The first-order chi connectivity index (χ1) is 13.4. The summed E-state index contributed by atoms with van der Waals surface area (Å²) in [5.74, 6) is 1.01. The number of nitrogens with zero attached hydrogens (tertiary/aromatic N) is 7. The quantitative estimate of drug-likeness (QED) is 0.693. The maximum atomic E-state index is 14.5. The standard InChI is InChI=1S/C20H26FN7/c1-5-14-18(21)19(23-13-22-14)27-10-8-26(9-11-27)17-7-6-16-24-15(20(2,3)4)12-28(16)25-17/h6-7,12-13H,5,8-11H2,1-4H3. The van der Waals surface area contributed by atoms with Gasteiger partial charge in [-0.05, 0) is 18.6 Å². The molecule has 0 bridgehead atoms. The number of imidazole rings is 1. The topological polar surface area (TPSA) is 62.5 Å². The van der Waals surface area contributed by atoms with Crippen molar-refractivity contribution in [2.24, 2.45) is 0 Å². The third-order valence-electron chi connectivity index (χ3n) is 5.16. The Balaban J connectivity index is 1.51. The molecule has 1 aliphatic rings. The molecule has 3 aromatic rings. The molecule has 8 heteroatoms. The van der Waals surface area contributed by atoms with Gasteiger partial charge in [0.2, 0.25) is 0 Å². The van der Waals surface area contributed by atoms with Crippen molar-refractivity contribution < 1.29 is 4.39 Å². The second-order valence-corrected chi connectivity index (χ2v) is 8.16. The van der Waals surface area contributed by atoms with Crippen molar-refractivity contribution in [3.63, 3.8) is 0 Å². The number of piperazine rings is 1. The van der Waals surface area contributed by atoms with Gasteiger partial charge in [-0.25, -0.2) is 23.9 Å². The van der Waals surface area contributed by atoms with E-state index in [0.29, 0.717) is 31.0 Å². The molecule has 0 amide bonds. The fourth-order valence-electron chi connectivity index (χ4n) is 3.41. The van der Waals surface area contributed by atoms with E-state index in [1.165, 1.54) is 6.33 Å². The largest absolute Gasteiger partial charge is 0.352 e. The Morgan fingerprint density at radius 2 is 1.75 bits per heavy atom. The van der Waals surface area contributed by atoms with Crippen LogP contribution < -0.4 is 9.80 Å². The minimum atomic E-state index is -0.300. The molecule has 0 saturated carbocycles. The molecule has 0 spiro atoms. The summed E-state index contributed by atoms with van der Waals surface area (Å²) in [5.41, 5.74) is 2.32. The van der Waals surface area contributed by atoms with Crippen LogP contribution in [0.1, 0.15) is 39.1 Å². The third kappa shape index (κ3) is 3.39. The highest BCUT2D eigenvalue weighted by Crippen LogP contribution is 2.24. The highest BCUT2D eigenvalue weighted by molar-refractivity contribution is 5.49. The summed E-state index contributed by atoms with van der Waals surface area (Å²) in [4.78, 5) is 17.1. The number of fused-ring (bicyclic) bond motifs is 1. The van der Waals surface area contributed by atoms with Gasteiger partial charge >= 0.3 is 0 Å². The van der Waals surface area contributed by atoms with Crippen LogP contribution >= 0.6 is 0 Å². The van der Waals surface area contributed by atoms with Crippen LogP contribution in [0.5, 0.6) is 0 Å². The SMILES string of the molecule is CCc1ncnc(N2CCN(c3ccc4nc(C(C)(C)C)cn4n3)CC2)c1F. The maximum Gasteiger partial charge on any atom is 0.187 e. The second-order valence-electron chi connectivity index (χ2n) is 8.16. The number of anilines is 2. The van der Waals surface area contributed by atoms with E-state index >= 15 is 0 Å². The molecule has 4 rings (SSSR count). The van der Waals surface area contributed by atoms with E-state index in [1.54, 1.807) is 0 Å². The minimum absolute atomic E-state index is 0.0154. The van der Waals surface area contributed by atoms with E-state index < -0.39 is 0 Å². The molecule has 4 heterocycles. The monoisotopic (exact) mass is 383 g/mol. The zero-order chi connectivity index (χ0) is 19.9. The number of aromatic nitrogens is 5. The molecule has 0 unspecified atom stereocenters. The van der Waals surface area contributed by atoms with E-state index in [2.05, 4.69) is 40.6 Å². The van der Waals surface area contributed by atoms with Crippen LogP contribution in [-0.2, 0) is 11.8 Å². The molecule has 0 aromatic carbocycles. The Morgan fingerprint density at radius 1 is 1.04 bits per heavy atom. The molecule has 148 valence electrons. The van der Waals surface area contributed by atoms with Gasteiger partial charge in [0.15, 0.2) is 17.3 Å². The van der Waals surface area contributed by atoms with Gasteiger partial charge in [0, 0.05) is 31.6 Å². The lowest BCUT2D eigenvalue weighted by Crippen LogP contribution is -2.47. The maximum absolute atomic E-state index is 14.5. The predicted octanol–water partition coefficient (Wildman–Crippen LogP) is 2.84. The molecule has 3 aromatic heterocycles. The zero-order valence-electron chi connectivity index (χ0n) is 16.9. The van der Waals surface area contributed by atoms with Gasteiger partial charge in [0.25, 0.3) is 0 Å². The summed E-state index contributed by atoms with van der Waals surface area (Å²) in [6.07, 6.45) is 4.01. The summed E-state index contributed by atoms with van der Waals surface area (Å²) in [6.45, 7) is 11.2. The Hall–Kier alpha value is -2.77. The van der Waals surface area contributed by atoms with Gasteiger partial charge in [0.05, 0.1) is 17.6 Å². The third-order valence-corrected chi connectivity index (χ3v) is 5.16. The molecule has 0 N–H and O–H groups in total. The van der Waals surface area contributed by atoms with E-state index in [1.807, 2.05) is 34.7 Å². The Labute approximate surface area is 164 Å². The molecule has 1 aliphatic heterocycles. The Bertz CT molecular complexity index is 984. The number of hydrogen-bond donors (Lipinski definition) is 0. The molecule has 28 heavy (non-hydrogen) atoms. The normalized spacial score (nSPS) is 15.5.